The molecule has 0 radical (unpaired) electrons. The number of rotatable bonds is 13. The van der Waals surface area contributed by atoms with Crippen LogP contribution in [0.4, 0.5) is 61.9 Å². The van der Waals surface area contributed by atoms with Crippen LogP contribution in [0.3, 0.4) is 0 Å². The van der Waals surface area contributed by atoms with E-state index in [1.807, 2.05) is 0 Å². The average Bonchev–Trinajstić information content (AvgIpc) is 3.38. The molecule has 0 spiro atoms. The number of halogens is 13. The highest BCUT2D eigenvalue weighted by atomic mass is 19.4. The van der Waals surface area contributed by atoms with E-state index in [4.69, 9.17) is 9.47 Å². The van der Waals surface area contributed by atoms with Gasteiger partial charge in [0.15, 0.2) is 11.3 Å². The van der Waals surface area contributed by atoms with Crippen LogP contribution in [0.2, 0.25) is 0 Å². The van der Waals surface area contributed by atoms with Crippen LogP contribution in [0.5, 0.6) is 0 Å². The third-order valence-corrected chi connectivity index (χ3v) is 10.7. The van der Waals surface area contributed by atoms with Crippen LogP contribution in [0.1, 0.15) is 63.3 Å². The van der Waals surface area contributed by atoms with Crippen molar-refractivity contribution in [2.24, 2.45) is 5.41 Å². The molecule has 2 aliphatic rings. The fourth-order valence-electron chi connectivity index (χ4n) is 7.22. The molecule has 1 amide bonds. The van der Waals surface area contributed by atoms with E-state index < -0.39 is 83.9 Å². The zero-order valence-corrected chi connectivity index (χ0v) is 34.1. The summed E-state index contributed by atoms with van der Waals surface area (Å²) in [5, 5.41) is 0. The van der Waals surface area contributed by atoms with Crippen molar-refractivity contribution in [1.29, 1.82) is 0 Å². The normalized spacial score (nSPS) is 18.9. The Hall–Kier alpha value is -5.36. The van der Waals surface area contributed by atoms with Crippen LogP contribution in [-0.2, 0) is 38.5 Å². The van der Waals surface area contributed by atoms with E-state index >= 15 is 0 Å². The molecule has 0 saturated carbocycles. The zero-order valence-electron chi connectivity index (χ0n) is 34.1. The summed E-state index contributed by atoms with van der Waals surface area (Å²) in [6.45, 7) is 7.31. The van der Waals surface area contributed by atoms with E-state index in [0.717, 1.165) is 29.2 Å². The average molecular weight is 910 g/mol. The van der Waals surface area contributed by atoms with Crippen LogP contribution in [-0.4, -0.2) is 76.2 Å². The highest BCUT2D eigenvalue weighted by Crippen LogP contribution is 2.61. The second kappa shape index (κ2) is 16.3. The molecule has 5 rings (SSSR count). The van der Waals surface area contributed by atoms with Gasteiger partial charge in [0, 0.05) is 18.4 Å². The van der Waals surface area contributed by atoms with Crippen molar-refractivity contribution in [1.82, 2.24) is 4.90 Å². The molecule has 1 aliphatic heterocycles. The summed E-state index contributed by atoms with van der Waals surface area (Å²) in [5.74, 6) is -38.5. The predicted octanol–water partition coefficient (Wildman–Crippen LogP) is 11.6. The van der Waals surface area contributed by atoms with E-state index in [2.05, 4.69) is 0 Å². The van der Waals surface area contributed by atoms with Gasteiger partial charge >= 0.3 is 47.9 Å². The molecule has 1 atom stereocenters. The number of Topliss-reactive ketones (excluding diaryl/α,β-unsaturated/α-hetero) is 1. The van der Waals surface area contributed by atoms with Crippen molar-refractivity contribution >= 4 is 23.4 Å². The SMILES string of the molecule is CC(C)(C)OC(=O)C1(Cc2ccccc2)C=C2C(=C(c3ccccc3)C(=O)C2(C)C)CN1C(=O)OCc1ccc(CCC(F)(F)C(F)(F)C(F)(F)C(F)(F)C(F)(F)C(F)(F)F)cc1. The van der Waals surface area contributed by atoms with Crippen molar-refractivity contribution in [3.05, 3.63) is 124 Å². The minimum atomic E-state index is -7.99. The lowest BCUT2D eigenvalue weighted by atomic mass is 9.75. The van der Waals surface area contributed by atoms with E-state index in [0.29, 0.717) is 27.8 Å². The van der Waals surface area contributed by atoms with Crippen LogP contribution in [0, 0.1) is 5.41 Å². The Bertz CT molecular complexity index is 2260. The number of allylic oxidation sites excluding steroid dienone is 1. The monoisotopic (exact) mass is 909 g/mol. The lowest BCUT2D eigenvalue weighted by Crippen LogP contribution is -2.70. The topological polar surface area (TPSA) is 72.9 Å². The van der Waals surface area contributed by atoms with Gasteiger partial charge < -0.3 is 9.47 Å². The van der Waals surface area contributed by atoms with Crippen molar-refractivity contribution in [3.63, 3.8) is 0 Å². The maximum atomic E-state index is 14.5. The van der Waals surface area contributed by atoms with Gasteiger partial charge in [-0.25, -0.2) is 9.59 Å². The second-order valence-corrected chi connectivity index (χ2v) is 16.8. The standard InChI is InChI=1S/C44H40F13NO5/c1-36(2,3)63-34(60)38(22-27-12-8-6-9-13-27)23-31-30(32(33(59)37(31,4)5)29-14-10-7-11-15-29)24-58(38)35(61)62-25-28-18-16-26(17-19-28)20-21-39(45,46)40(47,48)41(49,50)42(51,52)43(53,54)44(55,56)57/h6-19,23H,20-22,24-25H2,1-5H3. The Balaban J connectivity index is 1.44. The van der Waals surface area contributed by atoms with Gasteiger partial charge in [0.2, 0.25) is 0 Å². The second-order valence-electron chi connectivity index (χ2n) is 16.8. The molecule has 0 bridgehead atoms. The zero-order chi connectivity index (χ0) is 47.4. The lowest BCUT2D eigenvalue weighted by molar-refractivity contribution is -0.440. The number of esters is 1. The molecule has 3 aromatic rings. The van der Waals surface area contributed by atoms with Crippen LogP contribution >= 0.6 is 0 Å². The van der Waals surface area contributed by atoms with E-state index in [9.17, 15) is 71.5 Å². The summed E-state index contributed by atoms with van der Waals surface area (Å²) in [5.41, 5.74) is -2.05. The van der Waals surface area contributed by atoms with Gasteiger partial charge in [-0.15, -0.1) is 0 Å². The van der Waals surface area contributed by atoms with Gasteiger partial charge in [0.05, 0.1) is 12.0 Å². The van der Waals surface area contributed by atoms with Gasteiger partial charge in [-0.2, -0.15) is 57.1 Å². The third kappa shape index (κ3) is 8.67. The van der Waals surface area contributed by atoms with Gasteiger partial charge in [-0.3, -0.25) is 9.69 Å². The van der Waals surface area contributed by atoms with Gasteiger partial charge in [0.1, 0.15) is 12.2 Å². The fraction of sp³-hybridized carbons (Fsp3) is 0.432. The molecular weight excluding hydrogens is 869 g/mol. The Morgan fingerprint density at radius 2 is 1.17 bits per heavy atom. The van der Waals surface area contributed by atoms with E-state index in [1.54, 1.807) is 95.3 Å². The van der Waals surface area contributed by atoms with Crippen LogP contribution in [0.25, 0.3) is 5.57 Å². The number of benzene rings is 3. The Labute approximate surface area is 352 Å². The first kappa shape index (κ1) is 48.7. The first-order chi connectivity index (χ1) is 28.7. The number of carbonyl (C=O) groups excluding carboxylic acids is 3. The Kier molecular flexibility index (Phi) is 12.6. The molecule has 19 heteroatoms. The van der Waals surface area contributed by atoms with E-state index in [1.165, 1.54) is 6.08 Å². The number of ketones is 1. The highest BCUT2D eigenvalue weighted by molar-refractivity contribution is 6.29. The molecule has 342 valence electrons. The Morgan fingerprint density at radius 1 is 0.667 bits per heavy atom. The van der Waals surface area contributed by atoms with Crippen LogP contribution in [0.15, 0.2) is 102 Å². The highest BCUT2D eigenvalue weighted by Gasteiger charge is 2.90. The summed E-state index contributed by atoms with van der Waals surface area (Å²) in [4.78, 5) is 44.1. The van der Waals surface area contributed by atoms with Gasteiger partial charge in [-0.05, 0) is 80.5 Å². The molecule has 1 heterocycles. The summed E-state index contributed by atoms with van der Waals surface area (Å²) >= 11 is 0. The maximum Gasteiger partial charge on any atom is 0.460 e. The van der Waals surface area contributed by atoms with Crippen molar-refractivity contribution in [3.8, 4) is 0 Å². The molecule has 0 N–H and O–H groups in total. The number of alkyl halides is 13. The summed E-state index contributed by atoms with van der Waals surface area (Å²) in [6, 6.07) is 21.3. The number of hydrogen-bond acceptors (Lipinski definition) is 5. The number of fused-ring (bicyclic) bond motifs is 1. The number of carbonyl (C=O) groups is 3. The smallest absolute Gasteiger partial charge is 0.458 e. The summed E-state index contributed by atoms with van der Waals surface area (Å²) < 4.78 is 188. The number of amides is 1. The van der Waals surface area contributed by atoms with Gasteiger partial charge in [-0.1, -0.05) is 84.9 Å². The summed E-state index contributed by atoms with van der Waals surface area (Å²) in [7, 11) is 0. The number of hydrogen-bond donors (Lipinski definition) is 0. The van der Waals surface area contributed by atoms with Crippen molar-refractivity contribution in [2.75, 3.05) is 6.54 Å². The molecule has 1 unspecified atom stereocenters. The van der Waals surface area contributed by atoms with E-state index in [-0.39, 0.29) is 29.9 Å². The first-order valence-electron chi connectivity index (χ1n) is 19.1. The Morgan fingerprint density at radius 3 is 1.70 bits per heavy atom. The number of nitrogens with zero attached hydrogens (tertiary/aromatic N) is 1. The minimum Gasteiger partial charge on any atom is -0.458 e. The molecule has 1 aliphatic carbocycles. The predicted molar refractivity (Wildman–Crippen MR) is 201 cm³/mol. The molecular formula is C44H40F13NO5. The molecule has 0 saturated heterocycles. The molecule has 0 fully saturated rings. The molecule has 3 aromatic carbocycles. The maximum absolute atomic E-state index is 14.5. The molecule has 63 heavy (non-hydrogen) atoms. The molecule has 0 aromatic heterocycles. The molecule has 6 nitrogen and oxygen atoms in total. The quantitative estimate of drug-likeness (QED) is 0.126. The third-order valence-electron chi connectivity index (χ3n) is 10.7. The summed E-state index contributed by atoms with van der Waals surface area (Å²) in [6.07, 6.45) is -10.9. The minimum absolute atomic E-state index is 0.102. The number of ether oxygens (including phenoxy) is 2. The van der Waals surface area contributed by atoms with Gasteiger partial charge in [0.25, 0.3) is 0 Å². The number of aryl methyl sites for hydroxylation is 1. The van der Waals surface area contributed by atoms with Crippen molar-refractivity contribution in [2.45, 2.75) is 107 Å². The van der Waals surface area contributed by atoms with Crippen molar-refractivity contribution < 1.29 is 80.9 Å². The lowest BCUT2D eigenvalue weighted by Gasteiger charge is -2.45. The first-order valence-corrected chi connectivity index (χ1v) is 19.1. The fourth-order valence-corrected chi connectivity index (χ4v) is 7.22. The largest absolute Gasteiger partial charge is 0.460 e. The van der Waals surface area contributed by atoms with Crippen LogP contribution < -0.4 is 0 Å².